The summed E-state index contributed by atoms with van der Waals surface area (Å²) in [4.78, 5) is 4.16. The molecule has 0 aliphatic carbocycles. The number of aryl methyl sites for hydroxylation is 2. The van der Waals surface area contributed by atoms with Gasteiger partial charge in [-0.1, -0.05) is 13.0 Å². The monoisotopic (exact) mass is 159 g/mol. The van der Waals surface area contributed by atoms with Crippen LogP contribution in [-0.4, -0.2) is 9.55 Å². The Morgan fingerprint density at radius 3 is 3.08 bits per heavy atom. The van der Waals surface area contributed by atoms with Crippen LogP contribution in [0.25, 0.3) is 11.0 Å². The van der Waals surface area contributed by atoms with Crippen LogP contribution in [0.3, 0.4) is 0 Å². The molecule has 0 spiro atoms. The van der Waals surface area contributed by atoms with Crippen molar-refractivity contribution in [3.63, 3.8) is 0 Å². The van der Waals surface area contributed by atoms with Gasteiger partial charge in [0.1, 0.15) is 0 Å². The van der Waals surface area contributed by atoms with Crippen molar-refractivity contribution in [3.8, 4) is 0 Å². The molecule has 2 heteroatoms. The van der Waals surface area contributed by atoms with E-state index in [0.717, 1.165) is 17.5 Å². The summed E-state index contributed by atoms with van der Waals surface area (Å²) in [6.07, 6.45) is 3.96. The van der Waals surface area contributed by atoms with Crippen LogP contribution in [0.15, 0.2) is 18.2 Å². The van der Waals surface area contributed by atoms with Gasteiger partial charge in [0.2, 0.25) is 0 Å². The zero-order valence-corrected chi connectivity index (χ0v) is 7.33. The first kappa shape index (κ1) is 7.35. The SMILES string of the molecule is CCc1ccc2c(c1)n[c]n2C. The predicted octanol–water partition coefficient (Wildman–Crippen LogP) is 1.94. The quantitative estimate of drug-likeness (QED) is 0.621. The number of benzene rings is 1. The number of aromatic nitrogens is 2. The maximum absolute atomic E-state index is 4.16. The van der Waals surface area contributed by atoms with E-state index in [0.29, 0.717) is 0 Å². The van der Waals surface area contributed by atoms with Crippen molar-refractivity contribution < 1.29 is 0 Å². The summed E-state index contributed by atoms with van der Waals surface area (Å²) >= 11 is 0. The summed E-state index contributed by atoms with van der Waals surface area (Å²) < 4.78 is 1.91. The molecule has 0 bridgehead atoms. The van der Waals surface area contributed by atoms with E-state index in [2.05, 4.69) is 36.4 Å². The zero-order chi connectivity index (χ0) is 8.55. The van der Waals surface area contributed by atoms with Gasteiger partial charge in [0.05, 0.1) is 11.0 Å². The van der Waals surface area contributed by atoms with Gasteiger partial charge in [0, 0.05) is 7.05 Å². The fourth-order valence-corrected chi connectivity index (χ4v) is 1.34. The van der Waals surface area contributed by atoms with Crippen molar-refractivity contribution >= 4 is 11.0 Å². The number of imidazole rings is 1. The molecule has 0 fully saturated rings. The largest absolute Gasteiger partial charge is 0.324 e. The molecule has 0 unspecified atom stereocenters. The molecule has 0 aliphatic rings. The molecule has 0 amide bonds. The minimum Gasteiger partial charge on any atom is -0.324 e. The van der Waals surface area contributed by atoms with Crippen molar-refractivity contribution in [2.45, 2.75) is 13.3 Å². The lowest BCUT2D eigenvalue weighted by Gasteiger charge is -1.96. The van der Waals surface area contributed by atoms with Crippen molar-refractivity contribution in [1.29, 1.82) is 0 Å². The lowest BCUT2D eigenvalue weighted by Crippen LogP contribution is -1.84. The molecule has 1 aromatic heterocycles. The van der Waals surface area contributed by atoms with Gasteiger partial charge in [0.15, 0.2) is 6.33 Å². The van der Waals surface area contributed by atoms with Gasteiger partial charge < -0.3 is 4.57 Å². The molecule has 2 rings (SSSR count). The molecule has 0 aliphatic heterocycles. The topological polar surface area (TPSA) is 17.8 Å². The zero-order valence-electron chi connectivity index (χ0n) is 7.33. The second kappa shape index (κ2) is 2.63. The predicted molar refractivity (Wildman–Crippen MR) is 48.9 cm³/mol. The van der Waals surface area contributed by atoms with E-state index in [9.17, 15) is 0 Å². The number of hydrogen-bond acceptors (Lipinski definition) is 1. The van der Waals surface area contributed by atoms with Crippen LogP contribution in [0.2, 0.25) is 0 Å². The molecule has 0 atom stereocenters. The van der Waals surface area contributed by atoms with Crippen LogP contribution < -0.4 is 0 Å². The highest BCUT2D eigenvalue weighted by atomic mass is 15.0. The minimum absolute atomic E-state index is 1.04. The summed E-state index contributed by atoms with van der Waals surface area (Å²) in [5.74, 6) is 0. The van der Waals surface area contributed by atoms with Gasteiger partial charge in [-0.2, -0.15) is 0 Å². The molecular weight excluding hydrogens is 148 g/mol. The number of nitrogens with zero attached hydrogens (tertiary/aromatic N) is 2. The summed E-state index contributed by atoms with van der Waals surface area (Å²) in [6, 6.07) is 6.35. The number of hydrogen-bond donors (Lipinski definition) is 0. The Morgan fingerprint density at radius 1 is 1.50 bits per heavy atom. The van der Waals surface area contributed by atoms with E-state index in [1.165, 1.54) is 5.56 Å². The van der Waals surface area contributed by atoms with E-state index in [4.69, 9.17) is 0 Å². The Hall–Kier alpha value is -1.31. The third-order valence-corrected chi connectivity index (χ3v) is 2.13. The Bertz CT molecular complexity index is 401. The maximum Gasteiger partial charge on any atom is 0.177 e. The maximum atomic E-state index is 4.16. The fraction of sp³-hybridized carbons (Fsp3) is 0.300. The third kappa shape index (κ3) is 0.998. The van der Waals surface area contributed by atoms with Gasteiger partial charge in [-0.15, -0.1) is 0 Å². The van der Waals surface area contributed by atoms with E-state index >= 15 is 0 Å². The molecule has 0 saturated heterocycles. The Kier molecular flexibility index (Phi) is 1.61. The smallest absolute Gasteiger partial charge is 0.177 e. The molecule has 1 heterocycles. The second-order valence-corrected chi connectivity index (χ2v) is 2.95. The Balaban J connectivity index is 2.69. The molecule has 2 nitrogen and oxygen atoms in total. The lowest BCUT2D eigenvalue weighted by atomic mass is 10.1. The first-order valence-electron chi connectivity index (χ1n) is 4.14. The van der Waals surface area contributed by atoms with Gasteiger partial charge >= 0.3 is 0 Å². The first-order chi connectivity index (χ1) is 5.81. The average molecular weight is 159 g/mol. The highest BCUT2D eigenvalue weighted by Crippen LogP contribution is 2.13. The van der Waals surface area contributed by atoms with Crippen molar-refractivity contribution in [1.82, 2.24) is 9.55 Å². The summed E-state index contributed by atoms with van der Waals surface area (Å²) in [6.45, 7) is 2.15. The van der Waals surface area contributed by atoms with Gasteiger partial charge in [-0.25, -0.2) is 4.98 Å². The van der Waals surface area contributed by atoms with E-state index in [1.54, 1.807) is 0 Å². The van der Waals surface area contributed by atoms with Crippen LogP contribution >= 0.6 is 0 Å². The number of fused-ring (bicyclic) bond motifs is 1. The normalized spacial score (nSPS) is 10.8. The molecular formula is C10H11N2. The summed E-state index contributed by atoms with van der Waals surface area (Å²) in [7, 11) is 1.96. The molecule has 1 aromatic carbocycles. The second-order valence-electron chi connectivity index (χ2n) is 2.95. The molecule has 2 aromatic rings. The van der Waals surface area contributed by atoms with E-state index in [1.807, 2.05) is 11.6 Å². The minimum atomic E-state index is 1.04. The first-order valence-corrected chi connectivity index (χ1v) is 4.14. The highest BCUT2D eigenvalue weighted by Gasteiger charge is 1.99. The van der Waals surface area contributed by atoms with Crippen molar-refractivity contribution in [2.75, 3.05) is 0 Å². The van der Waals surface area contributed by atoms with E-state index in [-0.39, 0.29) is 0 Å². The molecule has 0 saturated carbocycles. The van der Waals surface area contributed by atoms with Crippen LogP contribution in [-0.2, 0) is 13.5 Å². The fourth-order valence-electron chi connectivity index (χ4n) is 1.34. The lowest BCUT2D eigenvalue weighted by molar-refractivity contribution is 0.936. The van der Waals surface area contributed by atoms with Gasteiger partial charge in [-0.3, -0.25) is 0 Å². The molecule has 0 N–H and O–H groups in total. The van der Waals surface area contributed by atoms with Crippen molar-refractivity contribution in [3.05, 3.63) is 30.1 Å². The summed E-state index contributed by atoms with van der Waals surface area (Å²) in [5, 5.41) is 0. The highest BCUT2D eigenvalue weighted by molar-refractivity contribution is 5.75. The van der Waals surface area contributed by atoms with Gasteiger partial charge in [0.25, 0.3) is 0 Å². The average Bonchev–Trinajstić information content (AvgIpc) is 2.47. The molecule has 61 valence electrons. The van der Waals surface area contributed by atoms with Crippen LogP contribution in [0, 0.1) is 6.33 Å². The van der Waals surface area contributed by atoms with Crippen LogP contribution in [0.5, 0.6) is 0 Å². The summed E-state index contributed by atoms with van der Waals surface area (Å²) in [5.41, 5.74) is 3.51. The Morgan fingerprint density at radius 2 is 2.33 bits per heavy atom. The number of rotatable bonds is 1. The Labute approximate surface area is 71.8 Å². The third-order valence-electron chi connectivity index (χ3n) is 2.13. The molecule has 1 radical (unpaired) electrons. The van der Waals surface area contributed by atoms with Crippen molar-refractivity contribution in [2.24, 2.45) is 7.05 Å². The van der Waals surface area contributed by atoms with E-state index < -0.39 is 0 Å². The van der Waals surface area contributed by atoms with Crippen LogP contribution in [0.1, 0.15) is 12.5 Å². The standard InChI is InChI=1S/C10H11N2/c1-3-8-4-5-10-9(6-8)11-7-12(10)2/h4-6H,3H2,1-2H3. The van der Waals surface area contributed by atoms with Crippen LogP contribution in [0.4, 0.5) is 0 Å². The van der Waals surface area contributed by atoms with Gasteiger partial charge in [-0.05, 0) is 24.1 Å². The molecule has 12 heavy (non-hydrogen) atoms.